The lowest BCUT2D eigenvalue weighted by Crippen LogP contribution is -2.45. The molecule has 0 aromatic heterocycles. The van der Waals surface area contributed by atoms with E-state index in [1.54, 1.807) is 24.3 Å². The summed E-state index contributed by atoms with van der Waals surface area (Å²) in [4.78, 5) is 71.0. The topological polar surface area (TPSA) is 253 Å². The van der Waals surface area contributed by atoms with Gasteiger partial charge in [0.2, 0.25) is 10.2 Å². The molecule has 20 heteroatoms. The number of aliphatic hydroxyl groups is 2. The van der Waals surface area contributed by atoms with Crippen molar-refractivity contribution in [2.75, 3.05) is 0 Å². The average Bonchev–Trinajstić information content (AvgIpc) is 4.26. The van der Waals surface area contributed by atoms with E-state index in [2.05, 4.69) is 21.3 Å². The van der Waals surface area contributed by atoms with Crippen molar-refractivity contribution < 1.29 is 67.4 Å². The number of epoxide rings is 2. The Bertz CT molecular complexity index is 2110. The molecule has 2 saturated heterocycles. The Hall–Kier alpha value is -4.60. The third kappa shape index (κ3) is 24.8. The summed E-state index contributed by atoms with van der Waals surface area (Å²) in [5, 5.41) is 31.7. The van der Waals surface area contributed by atoms with Gasteiger partial charge in [0, 0.05) is 45.8 Å². The minimum absolute atomic E-state index is 0.0294. The van der Waals surface area contributed by atoms with E-state index < -0.39 is 46.8 Å². The molecule has 4 amide bonds. The molecule has 2 aliphatic heterocycles. The number of fused-ring (bicyclic) bond motifs is 2. The lowest BCUT2D eigenvalue weighted by Gasteiger charge is -2.33. The molecular formula is C58H88N4O14S2. The summed E-state index contributed by atoms with van der Waals surface area (Å²) in [7, 11) is 0. The van der Waals surface area contributed by atoms with E-state index in [4.69, 9.17) is 28.4 Å². The number of carbonyl (C=O) groups excluding carboxylic acids is 6. The lowest BCUT2D eigenvalue weighted by molar-refractivity contribution is 0.0441. The molecule has 0 radical (unpaired) electrons. The summed E-state index contributed by atoms with van der Waals surface area (Å²) >= 11 is 2.36. The van der Waals surface area contributed by atoms with Crippen molar-refractivity contribution in [3.05, 3.63) is 71.8 Å². The number of benzene rings is 2. The normalized spacial score (nSPS) is 28.1. The largest absolute Gasteiger partial charge is 0.444 e. The third-order valence-corrected chi connectivity index (χ3v) is 15.5. The van der Waals surface area contributed by atoms with Crippen molar-refractivity contribution in [2.45, 2.75) is 254 Å². The highest BCUT2D eigenvalue weighted by molar-refractivity contribution is 8.15. The molecule has 6 aliphatic rings. The molecule has 436 valence electrons. The molecule has 2 heterocycles. The Labute approximate surface area is 470 Å². The van der Waals surface area contributed by atoms with Gasteiger partial charge in [-0.2, -0.15) is 0 Å². The second-order valence-corrected chi connectivity index (χ2v) is 27.2. The van der Waals surface area contributed by atoms with Crippen LogP contribution in [0.5, 0.6) is 0 Å². The molecule has 4 aliphatic carbocycles. The van der Waals surface area contributed by atoms with Gasteiger partial charge in [-0.05, 0) is 160 Å². The van der Waals surface area contributed by atoms with Gasteiger partial charge in [-0.1, -0.05) is 84.2 Å². The first-order chi connectivity index (χ1) is 36.4. The molecule has 2 aromatic rings. The van der Waals surface area contributed by atoms with Crippen LogP contribution in [0, 0.1) is 0 Å². The quantitative estimate of drug-likeness (QED) is 0.106. The molecule has 0 spiro atoms. The van der Waals surface area contributed by atoms with E-state index in [0.717, 1.165) is 51.4 Å². The van der Waals surface area contributed by atoms with Gasteiger partial charge in [-0.3, -0.25) is 9.59 Å². The Morgan fingerprint density at radius 2 is 0.679 bits per heavy atom. The van der Waals surface area contributed by atoms with Crippen LogP contribution in [-0.2, 0) is 28.4 Å². The number of hydrogen-bond donors (Lipinski definition) is 6. The average molecular weight is 1130 g/mol. The predicted octanol–water partition coefficient (Wildman–Crippen LogP) is 10.4. The van der Waals surface area contributed by atoms with Crippen LogP contribution in [0.25, 0.3) is 0 Å². The van der Waals surface area contributed by atoms with Crippen LogP contribution in [-0.4, -0.2) is 139 Å². The summed E-state index contributed by atoms with van der Waals surface area (Å²) in [5.41, 5.74) is -0.642. The molecule has 6 fully saturated rings. The van der Waals surface area contributed by atoms with Crippen molar-refractivity contribution in [1.29, 1.82) is 0 Å². The molecule has 18 nitrogen and oxygen atoms in total. The smallest absolute Gasteiger partial charge is 0.407 e. The Morgan fingerprint density at radius 1 is 0.410 bits per heavy atom. The van der Waals surface area contributed by atoms with Crippen LogP contribution in [0.1, 0.15) is 181 Å². The van der Waals surface area contributed by atoms with Gasteiger partial charge in [-0.15, -0.1) is 0 Å². The monoisotopic (exact) mass is 1130 g/mol. The van der Waals surface area contributed by atoms with Crippen LogP contribution >= 0.6 is 23.5 Å². The van der Waals surface area contributed by atoms with Gasteiger partial charge in [0.25, 0.3) is 0 Å². The minimum Gasteiger partial charge on any atom is -0.444 e. The van der Waals surface area contributed by atoms with E-state index >= 15 is 0 Å². The van der Waals surface area contributed by atoms with Crippen molar-refractivity contribution >= 4 is 58.1 Å². The first-order valence-corrected chi connectivity index (χ1v) is 29.3. The Morgan fingerprint density at radius 3 is 0.936 bits per heavy atom. The minimum atomic E-state index is -0.628. The number of rotatable bonds is 8. The van der Waals surface area contributed by atoms with Gasteiger partial charge in [0.05, 0.1) is 36.6 Å². The van der Waals surface area contributed by atoms with Gasteiger partial charge in [-0.25, -0.2) is 19.2 Å². The van der Waals surface area contributed by atoms with E-state index in [-0.39, 0.29) is 57.1 Å². The van der Waals surface area contributed by atoms with E-state index in [1.807, 2.05) is 119 Å². The van der Waals surface area contributed by atoms with Gasteiger partial charge in [0.15, 0.2) is 0 Å². The van der Waals surface area contributed by atoms with Crippen molar-refractivity contribution in [2.24, 2.45) is 0 Å². The molecule has 0 bridgehead atoms. The molecular weight excluding hydrogens is 1040 g/mol. The van der Waals surface area contributed by atoms with E-state index in [9.17, 15) is 39.0 Å². The summed E-state index contributed by atoms with van der Waals surface area (Å²) in [6.07, 6.45) is 8.54. The summed E-state index contributed by atoms with van der Waals surface area (Å²) in [6, 6.07) is 18.3. The van der Waals surface area contributed by atoms with Crippen molar-refractivity contribution in [3.63, 3.8) is 0 Å². The zero-order chi connectivity index (χ0) is 57.6. The Balaban J connectivity index is 0.000000196. The highest BCUT2D eigenvalue weighted by Crippen LogP contribution is 2.38. The number of thioether (sulfide) groups is 2. The van der Waals surface area contributed by atoms with Gasteiger partial charge in [0.1, 0.15) is 22.4 Å². The maximum absolute atomic E-state index is 12.2. The molecule has 4 saturated carbocycles. The summed E-state index contributed by atoms with van der Waals surface area (Å²) < 4.78 is 31.7. The SMILES string of the molecule is CC(C)(C)OC(=O)N[C@@H]1CC[C@@H](SC(=O)c2ccccc2)[C@H](O)C1.CC(C)(C)OC(=O)N[C@@H]1CC[C@@H]2O[C@@H]2C1.CC(C)(C)OC(=O)N[C@H]1CC[C@H](SC(=O)c2ccccc2)[C@@H](O)C1.CC(C)(C)OC(=O)N[C@H]1CC[C@H]2O[C@H]2C1. The van der Waals surface area contributed by atoms with Gasteiger partial charge >= 0.3 is 24.4 Å². The van der Waals surface area contributed by atoms with Crippen LogP contribution in [0.3, 0.4) is 0 Å². The van der Waals surface area contributed by atoms with E-state index in [0.29, 0.717) is 61.2 Å². The van der Waals surface area contributed by atoms with Crippen LogP contribution in [0.4, 0.5) is 19.2 Å². The highest BCUT2D eigenvalue weighted by Gasteiger charge is 2.45. The second-order valence-electron chi connectivity index (χ2n) is 24.8. The maximum Gasteiger partial charge on any atom is 0.407 e. The molecule has 6 N–H and O–H groups in total. The highest BCUT2D eigenvalue weighted by atomic mass is 32.2. The molecule has 78 heavy (non-hydrogen) atoms. The number of carbonyl (C=O) groups is 6. The number of amides is 4. The van der Waals surface area contributed by atoms with Crippen molar-refractivity contribution in [1.82, 2.24) is 21.3 Å². The summed E-state index contributed by atoms with van der Waals surface area (Å²) in [5.74, 6) is 0. The zero-order valence-electron chi connectivity index (χ0n) is 47.8. The fourth-order valence-corrected chi connectivity index (χ4v) is 11.4. The Kier molecular flexibility index (Phi) is 23.6. The number of alkyl carbamates (subject to hydrolysis) is 4. The number of nitrogens with one attached hydrogen (secondary N) is 4. The van der Waals surface area contributed by atoms with Gasteiger partial charge < -0.3 is 59.9 Å². The fourth-order valence-electron chi connectivity index (χ4n) is 9.30. The number of hydrogen-bond acceptors (Lipinski definition) is 16. The van der Waals surface area contributed by atoms with Crippen LogP contribution in [0.2, 0.25) is 0 Å². The molecule has 12 atom stereocenters. The van der Waals surface area contributed by atoms with E-state index in [1.165, 1.54) is 23.5 Å². The lowest BCUT2D eigenvalue weighted by atomic mass is 9.92. The maximum atomic E-state index is 12.2. The first-order valence-electron chi connectivity index (χ1n) is 27.5. The van der Waals surface area contributed by atoms with Crippen LogP contribution in [0.15, 0.2) is 60.7 Å². The molecule has 0 unspecified atom stereocenters. The van der Waals surface area contributed by atoms with Crippen LogP contribution < -0.4 is 21.3 Å². The first kappa shape index (κ1) is 64.2. The zero-order valence-corrected chi connectivity index (χ0v) is 49.4. The third-order valence-electron chi connectivity index (χ3n) is 12.9. The standard InChI is InChI=1S/2C18H25NO4S.2C11H19NO3/c2*1-18(2,3)23-17(22)19-13-9-10-15(14(20)11-13)24-16(21)12-7-5-4-6-8-12;2*1-11(2,3)15-10(13)12-7-4-5-8-9(6-7)14-8/h2*4-8,13-15,20H,9-11H2,1-3H3,(H,19,22);2*7-9H,4-6H2,1-3H3,(H,12,13)/t2*13-,14-,15-;2*7-,8+,9-/m1010/s1. The second kappa shape index (κ2) is 28.7. The number of ether oxygens (including phenoxy) is 6. The summed E-state index contributed by atoms with van der Waals surface area (Å²) in [6.45, 7) is 22.1. The van der Waals surface area contributed by atoms with Crippen molar-refractivity contribution in [3.8, 4) is 0 Å². The number of aliphatic hydroxyl groups excluding tert-OH is 2. The fraction of sp³-hybridized carbons (Fsp3) is 0.690. The molecule has 2 aromatic carbocycles. The predicted molar refractivity (Wildman–Crippen MR) is 302 cm³/mol. The molecule has 8 rings (SSSR count).